The van der Waals surface area contributed by atoms with Crippen molar-refractivity contribution >= 4 is 33.5 Å². The molecule has 1 aromatic heterocycles. The van der Waals surface area contributed by atoms with Crippen molar-refractivity contribution in [3.05, 3.63) is 27.5 Å². The molecule has 0 saturated carbocycles. The molecule has 1 heterocycles. The first-order valence-electron chi connectivity index (χ1n) is 3.50. The molecule has 0 amide bonds. The van der Waals surface area contributed by atoms with Gasteiger partial charge in [-0.25, -0.2) is 4.98 Å². The van der Waals surface area contributed by atoms with Crippen LogP contribution >= 0.6 is 27.5 Å². The first-order valence-corrected chi connectivity index (χ1v) is 4.67. The van der Waals surface area contributed by atoms with Gasteiger partial charge in [-0.15, -0.1) is 0 Å². The van der Waals surface area contributed by atoms with Crippen LogP contribution in [-0.4, -0.2) is 18.1 Å². The van der Waals surface area contributed by atoms with E-state index in [-0.39, 0.29) is 12.4 Å². The van der Waals surface area contributed by atoms with Crippen LogP contribution in [0, 0.1) is 0 Å². The number of esters is 1. The van der Waals surface area contributed by atoms with Gasteiger partial charge in [0, 0.05) is 6.20 Å². The van der Waals surface area contributed by atoms with Crippen LogP contribution in [0.5, 0.6) is 0 Å². The molecule has 0 bridgehead atoms. The molecule has 5 heteroatoms. The normalized spacial score (nSPS) is 9.77. The third kappa shape index (κ3) is 2.97. The number of nitrogens with zero attached hydrogens (tertiary/aromatic N) is 1. The maximum atomic E-state index is 10.9. The van der Waals surface area contributed by atoms with Gasteiger partial charge in [0.1, 0.15) is 4.60 Å². The van der Waals surface area contributed by atoms with Gasteiger partial charge in [0.2, 0.25) is 0 Å². The zero-order valence-electron chi connectivity index (χ0n) is 6.88. The van der Waals surface area contributed by atoms with E-state index in [2.05, 4.69) is 25.7 Å². The summed E-state index contributed by atoms with van der Waals surface area (Å²) in [5.41, 5.74) is 0.722. The van der Waals surface area contributed by atoms with Crippen molar-refractivity contribution < 1.29 is 9.53 Å². The Bertz CT molecular complexity index is 330. The molecule has 0 radical (unpaired) electrons. The zero-order chi connectivity index (χ0) is 9.84. The van der Waals surface area contributed by atoms with Crippen LogP contribution in [-0.2, 0) is 16.0 Å². The Morgan fingerprint density at radius 1 is 1.77 bits per heavy atom. The van der Waals surface area contributed by atoms with Gasteiger partial charge in [-0.1, -0.05) is 11.6 Å². The Labute approximate surface area is 89.2 Å². The summed E-state index contributed by atoms with van der Waals surface area (Å²) in [6, 6.07) is 1.68. The first kappa shape index (κ1) is 10.5. The second-order valence-corrected chi connectivity index (χ2v) is 3.54. The molecule has 0 aromatic carbocycles. The number of ether oxygens (including phenoxy) is 1. The molecule has 0 aliphatic carbocycles. The van der Waals surface area contributed by atoms with Crippen molar-refractivity contribution in [1.82, 2.24) is 4.98 Å². The van der Waals surface area contributed by atoms with Crippen LogP contribution in [0.3, 0.4) is 0 Å². The summed E-state index contributed by atoms with van der Waals surface area (Å²) in [6.07, 6.45) is 1.68. The number of aromatic nitrogens is 1. The average molecular weight is 265 g/mol. The van der Waals surface area contributed by atoms with E-state index >= 15 is 0 Å². The summed E-state index contributed by atoms with van der Waals surface area (Å²) in [6.45, 7) is 0. The first-order chi connectivity index (χ1) is 6.13. The molecule has 13 heavy (non-hydrogen) atoms. The Kier molecular flexibility index (Phi) is 3.69. The van der Waals surface area contributed by atoms with Crippen molar-refractivity contribution in [3.63, 3.8) is 0 Å². The number of hydrogen-bond acceptors (Lipinski definition) is 3. The van der Waals surface area contributed by atoms with E-state index in [9.17, 15) is 4.79 Å². The van der Waals surface area contributed by atoms with E-state index in [1.807, 2.05) is 0 Å². The lowest BCUT2D eigenvalue weighted by Gasteiger charge is -2.02. The topological polar surface area (TPSA) is 39.2 Å². The molecule has 1 aromatic rings. The average Bonchev–Trinajstić information content (AvgIpc) is 2.11. The van der Waals surface area contributed by atoms with Gasteiger partial charge in [0.05, 0.1) is 18.6 Å². The molecule has 0 saturated heterocycles. The highest BCUT2D eigenvalue weighted by molar-refractivity contribution is 9.10. The van der Waals surface area contributed by atoms with Gasteiger partial charge in [0.15, 0.2) is 0 Å². The summed E-state index contributed by atoms with van der Waals surface area (Å²) >= 11 is 8.92. The monoisotopic (exact) mass is 263 g/mol. The molecule has 0 unspecified atom stereocenters. The van der Waals surface area contributed by atoms with Crippen molar-refractivity contribution in [2.75, 3.05) is 7.11 Å². The summed E-state index contributed by atoms with van der Waals surface area (Å²) in [4.78, 5) is 14.9. The third-order valence-electron chi connectivity index (χ3n) is 1.44. The van der Waals surface area contributed by atoms with Crippen LogP contribution < -0.4 is 0 Å². The van der Waals surface area contributed by atoms with Gasteiger partial charge >= 0.3 is 5.97 Å². The van der Waals surface area contributed by atoms with Gasteiger partial charge in [-0.2, -0.15) is 0 Å². The van der Waals surface area contributed by atoms with Crippen LogP contribution in [0.15, 0.2) is 16.9 Å². The number of methoxy groups -OCH3 is 1. The molecule has 0 fully saturated rings. The summed E-state index contributed by atoms with van der Waals surface area (Å²) in [5.74, 6) is -0.315. The van der Waals surface area contributed by atoms with E-state index in [0.717, 1.165) is 5.56 Å². The predicted octanol–water partition coefficient (Wildman–Crippen LogP) is 2.21. The molecule has 0 aliphatic rings. The largest absolute Gasteiger partial charge is 0.469 e. The summed E-state index contributed by atoms with van der Waals surface area (Å²) in [5, 5.41) is 0.502. The number of halogens is 2. The lowest BCUT2D eigenvalue weighted by molar-refractivity contribution is -0.139. The second kappa shape index (κ2) is 4.58. The van der Waals surface area contributed by atoms with E-state index < -0.39 is 0 Å². The number of carbonyl (C=O) groups excluding carboxylic acids is 1. The van der Waals surface area contributed by atoms with E-state index in [0.29, 0.717) is 9.63 Å². The molecule has 3 nitrogen and oxygen atoms in total. The van der Waals surface area contributed by atoms with E-state index in [4.69, 9.17) is 11.6 Å². The minimum absolute atomic E-state index is 0.171. The minimum Gasteiger partial charge on any atom is -0.469 e. The molecule has 0 aliphatic heterocycles. The Hall–Kier alpha value is -0.610. The summed E-state index contributed by atoms with van der Waals surface area (Å²) in [7, 11) is 1.34. The number of rotatable bonds is 2. The maximum absolute atomic E-state index is 10.9. The Morgan fingerprint density at radius 3 is 3.08 bits per heavy atom. The van der Waals surface area contributed by atoms with Crippen molar-refractivity contribution in [2.24, 2.45) is 0 Å². The fourth-order valence-electron chi connectivity index (χ4n) is 0.816. The van der Waals surface area contributed by atoms with Crippen LogP contribution in [0.2, 0.25) is 5.02 Å². The molecular formula is C8H7BrClNO2. The highest BCUT2D eigenvalue weighted by Crippen LogP contribution is 2.18. The predicted molar refractivity (Wildman–Crippen MR) is 52.7 cm³/mol. The van der Waals surface area contributed by atoms with Crippen LogP contribution in [0.4, 0.5) is 0 Å². The van der Waals surface area contributed by atoms with Gasteiger partial charge in [-0.3, -0.25) is 4.79 Å². The second-order valence-electron chi connectivity index (χ2n) is 2.36. The molecule has 0 atom stereocenters. The Balaban J connectivity index is 2.87. The van der Waals surface area contributed by atoms with Crippen molar-refractivity contribution in [2.45, 2.75) is 6.42 Å². The number of carbonyl (C=O) groups is 1. The molecule has 1 rings (SSSR count). The fraction of sp³-hybridized carbons (Fsp3) is 0.250. The molecule has 70 valence electrons. The quantitative estimate of drug-likeness (QED) is 0.607. The van der Waals surface area contributed by atoms with E-state index in [1.165, 1.54) is 13.3 Å². The van der Waals surface area contributed by atoms with Gasteiger partial charge < -0.3 is 4.74 Å². The fourth-order valence-corrected chi connectivity index (χ4v) is 1.35. The maximum Gasteiger partial charge on any atom is 0.310 e. The van der Waals surface area contributed by atoms with Gasteiger partial charge in [-0.05, 0) is 27.6 Å². The SMILES string of the molecule is COC(=O)Cc1cc(Cl)cnc1Br. The minimum atomic E-state index is -0.315. The number of hydrogen-bond donors (Lipinski definition) is 0. The van der Waals surface area contributed by atoms with Crippen molar-refractivity contribution in [1.29, 1.82) is 0 Å². The Morgan fingerprint density at radius 2 is 2.46 bits per heavy atom. The molecular weight excluding hydrogens is 257 g/mol. The highest BCUT2D eigenvalue weighted by Gasteiger charge is 2.07. The number of pyridine rings is 1. The molecule has 0 N–H and O–H groups in total. The highest BCUT2D eigenvalue weighted by atomic mass is 79.9. The smallest absolute Gasteiger partial charge is 0.310 e. The lowest BCUT2D eigenvalue weighted by atomic mass is 10.2. The van der Waals surface area contributed by atoms with Gasteiger partial charge in [0.25, 0.3) is 0 Å². The standard InChI is InChI=1S/C8H7BrClNO2/c1-13-7(12)3-5-2-6(10)4-11-8(5)9/h2,4H,3H2,1H3. The summed E-state index contributed by atoms with van der Waals surface area (Å²) < 4.78 is 5.13. The van der Waals surface area contributed by atoms with Crippen LogP contribution in [0.25, 0.3) is 0 Å². The van der Waals surface area contributed by atoms with Crippen molar-refractivity contribution in [3.8, 4) is 0 Å². The van der Waals surface area contributed by atoms with E-state index in [1.54, 1.807) is 6.07 Å². The zero-order valence-corrected chi connectivity index (χ0v) is 9.22. The molecule has 0 spiro atoms. The van der Waals surface area contributed by atoms with Crippen LogP contribution in [0.1, 0.15) is 5.56 Å². The lowest BCUT2D eigenvalue weighted by Crippen LogP contribution is -2.05. The third-order valence-corrected chi connectivity index (χ3v) is 2.36.